The van der Waals surface area contributed by atoms with Gasteiger partial charge in [0.25, 0.3) is 6.71 Å². The molecule has 0 N–H and O–H groups in total. The normalized spacial score (nSPS) is 13.2. The highest BCUT2D eigenvalue weighted by Crippen LogP contribution is 2.45. The van der Waals surface area contributed by atoms with Gasteiger partial charge in [-0.2, -0.15) is 0 Å². The van der Waals surface area contributed by atoms with Gasteiger partial charge in [0.2, 0.25) is 0 Å². The predicted octanol–water partition coefficient (Wildman–Crippen LogP) is 12.2. The van der Waals surface area contributed by atoms with E-state index in [0.717, 1.165) is 0 Å². The molecule has 2 aliphatic rings. The molecule has 4 heteroatoms. The minimum absolute atomic E-state index is 0.0322. The Morgan fingerprint density at radius 2 is 1.03 bits per heavy atom. The molecular formula is C56H38BN3. The average molecular weight is 764 g/mol. The fourth-order valence-electron chi connectivity index (χ4n) is 11.3. The smallest absolute Gasteiger partial charge is 0.252 e. The van der Waals surface area contributed by atoms with Gasteiger partial charge >= 0.3 is 0 Å². The lowest BCUT2D eigenvalue weighted by atomic mass is 9.34. The lowest BCUT2D eigenvalue weighted by molar-refractivity contribution is 0.590. The second kappa shape index (κ2) is 11.2. The fraction of sp³-hybridized carbons (Fsp3) is 0.0714. The molecule has 0 bridgehead atoms. The van der Waals surface area contributed by atoms with Crippen molar-refractivity contribution in [1.82, 2.24) is 13.7 Å². The molecule has 0 saturated heterocycles. The van der Waals surface area contributed by atoms with Crippen molar-refractivity contribution < 1.29 is 0 Å². The Morgan fingerprint density at radius 1 is 0.400 bits per heavy atom. The van der Waals surface area contributed by atoms with Crippen molar-refractivity contribution in [2.24, 2.45) is 0 Å². The Kier molecular flexibility index (Phi) is 6.12. The first-order valence-corrected chi connectivity index (χ1v) is 21.2. The molecule has 12 aromatic rings. The Bertz CT molecular complexity index is 3850. The largest absolute Gasteiger partial charge is 0.310 e. The molecule has 0 saturated carbocycles. The van der Waals surface area contributed by atoms with Gasteiger partial charge in [-0.05, 0) is 97.8 Å². The molecule has 0 aliphatic carbocycles. The Labute approximate surface area is 347 Å². The molecule has 2 aliphatic heterocycles. The quantitative estimate of drug-likeness (QED) is 0.156. The lowest BCUT2D eigenvalue weighted by Gasteiger charge is -2.34. The van der Waals surface area contributed by atoms with E-state index >= 15 is 0 Å². The first-order chi connectivity index (χ1) is 29.4. The van der Waals surface area contributed by atoms with E-state index in [0.29, 0.717) is 0 Å². The Balaban J connectivity index is 1.20. The molecule has 0 spiro atoms. The van der Waals surface area contributed by atoms with Crippen molar-refractivity contribution >= 4 is 99.3 Å². The summed E-state index contributed by atoms with van der Waals surface area (Å²) in [5.74, 6) is 0. The third kappa shape index (κ3) is 4.06. The number of fused-ring (bicyclic) bond motifs is 15. The van der Waals surface area contributed by atoms with Crippen LogP contribution in [0.3, 0.4) is 0 Å². The van der Waals surface area contributed by atoms with Crippen LogP contribution in [0.4, 0.5) is 0 Å². The second-order valence-corrected chi connectivity index (χ2v) is 18.1. The predicted molar refractivity (Wildman–Crippen MR) is 256 cm³/mol. The number of aromatic nitrogens is 3. The average Bonchev–Trinajstić information content (AvgIpc) is 3.92. The molecule has 60 heavy (non-hydrogen) atoms. The topological polar surface area (TPSA) is 14.8 Å². The number of para-hydroxylation sites is 4. The molecule has 0 radical (unpaired) electrons. The van der Waals surface area contributed by atoms with Crippen molar-refractivity contribution in [1.29, 1.82) is 0 Å². The number of rotatable bonds is 2. The van der Waals surface area contributed by atoms with Crippen LogP contribution < -0.4 is 16.4 Å². The maximum atomic E-state index is 2.63. The van der Waals surface area contributed by atoms with Crippen molar-refractivity contribution in [3.63, 3.8) is 0 Å². The molecule has 3 nitrogen and oxygen atoms in total. The van der Waals surface area contributed by atoms with Crippen LogP contribution in [0.5, 0.6) is 0 Å². The highest BCUT2D eigenvalue weighted by atomic mass is 15.0. The van der Waals surface area contributed by atoms with Gasteiger partial charge in [-0.3, -0.25) is 0 Å². The van der Waals surface area contributed by atoms with Crippen molar-refractivity contribution in [3.05, 3.63) is 181 Å². The third-order valence-corrected chi connectivity index (χ3v) is 13.9. The summed E-state index contributed by atoms with van der Waals surface area (Å²) in [6.07, 6.45) is 0. The summed E-state index contributed by atoms with van der Waals surface area (Å²) < 4.78 is 7.75. The van der Waals surface area contributed by atoms with E-state index in [4.69, 9.17) is 0 Å². The van der Waals surface area contributed by atoms with Gasteiger partial charge in [-0.1, -0.05) is 148 Å². The van der Waals surface area contributed by atoms with E-state index < -0.39 is 0 Å². The molecule has 0 amide bonds. The molecule has 3 aromatic heterocycles. The molecule has 5 heterocycles. The summed E-state index contributed by atoms with van der Waals surface area (Å²) in [6, 6.07) is 66.6. The zero-order chi connectivity index (χ0) is 39.6. The van der Waals surface area contributed by atoms with Crippen molar-refractivity contribution in [2.45, 2.75) is 26.2 Å². The minimum Gasteiger partial charge on any atom is -0.310 e. The summed E-state index contributed by atoms with van der Waals surface area (Å²) in [4.78, 5) is 0. The summed E-state index contributed by atoms with van der Waals surface area (Å²) in [7, 11) is 0. The molecule has 14 rings (SSSR count). The van der Waals surface area contributed by atoms with Gasteiger partial charge in [-0.15, -0.1) is 0 Å². The summed E-state index contributed by atoms with van der Waals surface area (Å²) in [5.41, 5.74) is 19.3. The van der Waals surface area contributed by atoms with Crippen LogP contribution in [0, 0.1) is 0 Å². The van der Waals surface area contributed by atoms with Crippen LogP contribution >= 0.6 is 0 Å². The first kappa shape index (κ1) is 32.6. The molecule has 0 unspecified atom stereocenters. The van der Waals surface area contributed by atoms with Crippen LogP contribution in [0.1, 0.15) is 26.3 Å². The highest BCUT2D eigenvalue weighted by molar-refractivity contribution is 7.00. The Morgan fingerprint density at radius 3 is 1.78 bits per heavy atom. The molecule has 280 valence electrons. The number of benzene rings is 9. The van der Waals surface area contributed by atoms with Gasteiger partial charge in [0.05, 0.1) is 27.6 Å². The zero-order valence-corrected chi connectivity index (χ0v) is 33.7. The minimum atomic E-state index is 0.0322. The fourth-order valence-corrected chi connectivity index (χ4v) is 11.3. The maximum Gasteiger partial charge on any atom is 0.252 e. The van der Waals surface area contributed by atoms with Crippen LogP contribution in [-0.4, -0.2) is 20.4 Å². The van der Waals surface area contributed by atoms with Gasteiger partial charge in [-0.25, -0.2) is 0 Å². The van der Waals surface area contributed by atoms with Gasteiger partial charge < -0.3 is 13.7 Å². The standard InChI is InChI=1S/C56H38BN3/c1-56(2,3)37-26-24-33(25-27-37)36-30-49-52-50(31-36)60-48-29-35-15-8-7-14-34(35)28-42(48)40-20-13-21-44(53(40)60)57(52)45-32-43-39-18-9-11-22-46(39)58(38-16-5-4-6-17-38)54(43)51-41-19-10-12-23-47(41)59(49)55(45)51/h4-32H,1-3H3. The van der Waals surface area contributed by atoms with E-state index in [-0.39, 0.29) is 12.1 Å². The summed E-state index contributed by atoms with van der Waals surface area (Å²) >= 11 is 0. The van der Waals surface area contributed by atoms with Crippen LogP contribution in [0.25, 0.3) is 104 Å². The molecular weight excluding hydrogens is 725 g/mol. The number of hydrogen-bond acceptors (Lipinski definition) is 0. The van der Waals surface area contributed by atoms with E-state index in [1.807, 2.05) is 0 Å². The van der Waals surface area contributed by atoms with E-state index in [1.54, 1.807) is 0 Å². The number of hydrogen-bond donors (Lipinski definition) is 0. The summed E-state index contributed by atoms with van der Waals surface area (Å²) in [6.45, 7) is 6.92. The molecule has 0 atom stereocenters. The van der Waals surface area contributed by atoms with Crippen LogP contribution in [-0.2, 0) is 5.41 Å². The van der Waals surface area contributed by atoms with E-state index in [2.05, 4.69) is 210 Å². The van der Waals surface area contributed by atoms with Crippen LogP contribution in [0.2, 0.25) is 0 Å². The van der Waals surface area contributed by atoms with E-state index in [1.165, 1.54) is 126 Å². The van der Waals surface area contributed by atoms with Crippen LogP contribution in [0.15, 0.2) is 176 Å². The maximum absolute atomic E-state index is 2.63. The molecule has 9 aromatic carbocycles. The van der Waals surface area contributed by atoms with Crippen molar-refractivity contribution in [2.75, 3.05) is 0 Å². The highest BCUT2D eigenvalue weighted by Gasteiger charge is 2.42. The Hall–Kier alpha value is -7.30. The second-order valence-electron chi connectivity index (χ2n) is 18.1. The van der Waals surface area contributed by atoms with Gasteiger partial charge in [0.15, 0.2) is 0 Å². The number of nitrogens with zero attached hydrogens (tertiary/aromatic N) is 3. The SMILES string of the molecule is CC(C)(C)c1ccc(-c2cc3c4c(c2)-n2c5ccccc5c5c2c(cc2c6ccccc6n(-c6ccccc6)c25)B4c2cccc4c5cc6ccccc6cc5n-3c24)cc1. The first-order valence-electron chi connectivity index (χ1n) is 21.2. The van der Waals surface area contributed by atoms with Crippen molar-refractivity contribution in [3.8, 4) is 28.2 Å². The van der Waals surface area contributed by atoms with E-state index in [9.17, 15) is 0 Å². The lowest BCUT2D eigenvalue weighted by Crippen LogP contribution is -2.59. The third-order valence-electron chi connectivity index (χ3n) is 13.9. The van der Waals surface area contributed by atoms with Gasteiger partial charge in [0.1, 0.15) is 0 Å². The monoisotopic (exact) mass is 763 g/mol. The van der Waals surface area contributed by atoms with Gasteiger partial charge in [0, 0.05) is 54.9 Å². The molecule has 0 fully saturated rings. The zero-order valence-electron chi connectivity index (χ0n) is 33.7. The summed E-state index contributed by atoms with van der Waals surface area (Å²) in [5, 5.41) is 10.3.